The van der Waals surface area contributed by atoms with Crippen LogP contribution in [0, 0.1) is 29.1 Å². The molecule has 0 aromatic heterocycles. The molecule has 0 rings (SSSR count). The lowest BCUT2D eigenvalue weighted by atomic mass is 9.66. The zero-order valence-corrected chi connectivity index (χ0v) is 23.2. The van der Waals surface area contributed by atoms with Crippen molar-refractivity contribution in [2.75, 3.05) is 5.88 Å². The van der Waals surface area contributed by atoms with Crippen LogP contribution in [0.5, 0.6) is 0 Å². The first kappa shape index (κ1) is 32.3. The van der Waals surface area contributed by atoms with Gasteiger partial charge in [0.25, 0.3) is 0 Å². The maximum Gasteiger partial charge on any atom is 0.306 e. The Morgan fingerprint density at radius 2 is 1.68 bits per heavy atom. The lowest BCUT2D eigenvalue weighted by molar-refractivity contribution is -0.156. The number of carbonyl (C=O) groups excluding carboxylic acids is 3. The van der Waals surface area contributed by atoms with Crippen molar-refractivity contribution in [2.45, 2.75) is 93.1 Å². The number of ketones is 2. The molecule has 0 saturated carbocycles. The predicted octanol–water partition coefficient (Wildman–Crippen LogP) is 7.50. The molecule has 0 fully saturated rings. The van der Waals surface area contributed by atoms with E-state index in [1.54, 1.807) is 6.08 Å². The summed E-state index contributed by atoms with van der Waals surface area (Å²) in [5, 5.41) is 0. The summed E-state index contributed by atoms with van der Waals surface area (Å²) in [5.41, 5.74) is 0.354. The first-order valence-corrected chi connectivity index (χ1v) is 13.1. The van der Waals surface area contributed by atoms with Gasteiger partial charge in [-0.25, -0.2) is 0 Å². The molecule has 0 unspecified atom stereocenters. The minimum absolute atomic E-state index is 0.0810. The molecule has 0 N–H and O–H groups in total. The van der Waals surface area contributed by atoms with E-state index in [0.717, 1.165) is 31.3 Å². The van der Waals surface area contributed by atoms with Gasteiger partial charge in [-0.15, -0.1) is 24.8 Å². The molecule has 0 aromatic rings. The van der Waals surface area contributed by atoms with Gasteiger partial charge in [0, 0.05) is 30.1 Å². The second kappa shape index (κ2) is 16.1. The quantitative estimate of drug-likeness (QED) is 0.0855. The highest BCUT2D eigenvalue weighted by molar-refractivity contribution is 6.17. The summed E-state index contributed by atoms with van der Waals surface area (Å²) < 4.78 is 5.53. The third-order valence-electron chi connectivity index (χ3n) is 7.29. The van der Waals surface area contributed by atoms with Crippen LogP contribution in [0.4, 0.5) is 0 Å². The predicted molar refractivity (Wildman–Crippen MR) is 143 cm³/mol. The zero-order valence-electron chi connectivity index (χ0n) is 22.5. The molecule has 0 aliphatic carbocycles. The topological polar surface area (TPSA) is 60.4 Å². The number of allylic oxidation sites excluding steroid dienone is 3. The molecule has 194 valence electrons. The number of ether oxygens (including phenoxy) is 1. The fourth-order valence-electron chi connectivity index (χ4n) is 4.02. The first-order valence-electron chi connectivity index (χ1n) is 12.5. The largest absolute Gasteiger partial charge is 0.454 e. The van der Waals surface area contributed by atoms with Crippen LogP contribution in [-0.4, -0.2) is 29.5 Å². The Labute approximate surface area is 213 Å². The maximum absolute atomic E-state index is 13.7. The van der Waals surface area contributed by atoms with E-state index in [1.807, 2.05) is 39.8 Å². The average molecular weight is 495 g/mol. The van der Waals surface area contributed by atoms with Crippen molar-refractivity contribution in [1.29, 1.82) is 0 Å². The number of alkyl halides is 1. The molecule has 0 spiro atoms. The van der Waals surface area contributed by atoms with Gasteiger partial charge < -0.3 is 4.74 Å². The molecule has 0 saturated heterocycles. The van der Waals surface area contributed by atoms with E-state index in [-0.39, 0.29) is 41.7 Å². The number of Topliss-reactive ketones (excluding diaryl/α,β-unsaturated/α-hetero) is 2. The third-order valence-corrected chi connectivity index (χ3v) is 7.55. The molecule has 0 aliphatic heterocycles. The summed E-state index contributed by atoms with van der Waals surface area (Å²) in [6.45, 7) is 20.9. The van der Waals surface area contributed by atoms with Gasteiger partial charge in [-0.2, -0.15) is 0 Å². The van der Waals surface area contributed by atoms with Crippen LogP contribution in [-0.2, 0) is 19.1 Å². The zero-order chi connectivity index (χ0) is 26.5. The van der Waals surface area contributed by atoms with Crippen LogP contribution in [0.3, 0.4) is 0 Å². The van der Waals surface area contributed by atoms with E-state index < -0.39 is 17.5 Å². The van der Waals surface area contributed by atoms with E-state index in [2.05, 4.69) is 27.0 Å². The van der Waals surface area contributed by atoms with Gasteiger partial charge in [0.1, 0.15) is 5.78 Å². The summed E-state index contributed by atoms with van der Waals surface area (Å²) in [6.07, 6.45) is 8.47. The number of carbonyl (C=O) groups is 3. The highest BCUT2D eigenvalue weighted by Crippen LogP contribution is 2.39. The second-order valence-corrected chi connectivity index (χ2v) is 10.7. The number of halogens is 1. The van der Waals surface area contributed by atoms with E-state index in [4.69, 9.17) is 16.3 Å². The molecular formula is C29H47ClO4. The Bertz CT molecular complexity index is 722. The van der Waals surface area contributed by atoms with Crippen LogP contribution in [0.25, 0.3) is 0 Å². The summed E-state index contributed by atoms with van der Waals surface area (Å²) in [6, 6.07) is 0. The molecule has 5 atom stereocenters. The van der Waals surface area contributed by atoms with Crippen molar-refractivity contribution in [3.63, 3.8) is 0 Å². The molecule has 0 amide bonds. The van der Waals surface area contributed by atoms with E-state index in [1.165, 1.54) is 6.92 Å². The molecule has 0 radical (unpaired) electrons. The van der Waals surface area contributed by atoms with Crippen molar-refractivity contribution < 1.29 is 19.1 Å². The molecule has 4 nitrogen and oxygen atoms in total. The number of esters is 1. The Kier molecular flexibility index (Phi) is 15.3. The number of unbranched alkanes of at least 4 members (excludes halogenated alkanes) is 1. The van der Waals surface area contributed by atoms with Crippen LogP contribution >= 0.6 is 11.6 Å². The molecule has 0 bridgehead atoms. The smallest absolute Gasteiger partial charge is 0.306 e. The Hall–Kier alpha value is -1.68. The van der Waals surface area contributed by atoms with Gasteiger partial charge in [-0.3, -0.25) is 14.4 Å². The molecule has 5 heteroatoms. The van der Waals surface area contributed by atoms with E-state index in [0.29, 0.717) is 12.3 Å². The maximum atomic E-state index is 13.7. The Morgan fingerprint density at radius 1 is 1.06 bits per heavy atom. The third kappa shape index (κ3) is 10.7. The van der Waals surface area contributed by atoms with E-state index >= 15 is 0 Å². The van der Waals surface area contributed by atoms with Crippen molar-refractivity contribution in [2.24, 2.45) is 29.1 Å². The van der Waals surface area contributed by atoms with Crippen molar-refractivity contribution in [3.8, 4) is 0 Å². The lowest BCUT2D eigenvalue weighted by Crippen LogP contribution is -2.41. The summed E-state index contributed by atoms with van der Waals surface area (Å²) in [4.78, 5) is 38.5. The SMILES string of the molecule is C=CC/C(C)=C\C[C@H](OC(=O)C[C@H](C)C(C)(C)C(=O)[C@H](CCCCCl)[C@@H](C)[C@@H](C)C=C)C(C)=O. The van der Waals surface area contributed by atoms with Gasteiger partial charge in [-0.05, 0) is 50.9 Å². The van der Waals surface area contributed by atoms with Crippen molar-refractivity contribution in [1.82, 2.24) is 0 Å². The highest BCUT2D eigenvalue weighted by Gasteiger charge is 2.41. The molecular weight excluding hydrogens is 448 g/mol. The summed E-state index contributed by atoms with van der Waals surface area (Å²) >= 11 is 5.87. The minimum atomic E-state index is -0.810. The van der Waals surface area contributed by atoms with Crippen molar-refractivity contribution >= 4 is 29.1 Å². The van der Waals surface area contributed by atoms with Gasteiger partial charge >= 0.3 is 5.97 Å². The van der Waals surface area contributed by atoms with Crippen LogP contribution in [0.1, 0.15) is 87.0 Å². The summed E-state index contributed by atoms with van der Waals surface area (Å²) in [5.74, 6) is 0.0844. The number of hydrogen-bond acceptors (Lipinski definition) is 4. The average Bonchev–Trinajstić information content (AvgIpc) is 2.77. The van der Waals surface area contributed by atoms with Gasteiger partial charge in [0.2, 0.25) is 0 Å². The second-order valence-electron chi connectivity index (χ2n) is 10.3. The van der Waals surface area contributed by atoms with E-state index in [9.17, 15) is 14.4 Å². The Balaban J connectivity index is 5.41. The van der Waals surface area contributed by atoms with Gasteiger partial charge in [-0.1, -0.05) is 64.8 Å². The van der Waals surface area contributed by atoms with Crippen LogP contribution in [0.15, 0.2) is 37.0 Å². The highest BCUT2D eigenvalue weighted by atomic mass is 35.5. The molecule has 0 heterocycles. The van der Waals surface area contributed by atoms with Crippen LogP contribution < -0.4 is 0 Å². The normalized spacial score (nSPS) is 16.6. The van der Waals surface area contributed by atoms with Gasteiger partial charge in [0.05, 0.1) is 0 Å². The lowest BCUT2D eigenvalue weighted by Gasteiger charge is -2.37. The molecule has 0 aliphatic rings. The van der Waals surface area contributed by atoms with Crippen LogP contribution in [0.2, 0.25) is 0 Å². The Morgan fingerprint density at radius 3 is 2.18 bits per heavy atom. The number of hydrogen-bond donors (Lipinski definition) is 0. The monoisotopic (exact) mass is 494 g/mol. The van der Waals surface area contributed by atoms with Gasteiger partial charge in [0.15, 0.2) is 11.9 Å². The molecule has 34 heavy (non-hydrogen) atoms. The first-order chi connectivity index (χ1) is 15.8. The van der Waals surface area contributed by atoms with Crippen molar-refractivity contribution in [3.05, 3.63) is 37.0 Å². The standard InChI is InChI=1S/C29H47ClO4/c1-10-14-20(3)16-17-26(24(7)31)34-27(32)19-22(5)29(8,9)28(33)25(15-12-13-18-30)23(6)21(4)11-2/h10-11,16,21-23,25-26H,1-2,12-15,17-19H2,3-9H3/b20-16-/t21-,22-,23-,25+,26-/m0/s1. The minimum Gasteiger partial charge on any atom is -0.454 e. The number of rotatable bonds is 18. The summed E-state index contributed by atoms with van der Waals surface area (Å²) in [7, 11) is 0. The fourth-order valence-corrected chi connectivity index (χ4v) is 4.21. The fraction of sp³-hybridized carbons (Fsp3) is 0.690. The molecule has 0 aromatic carbocycles.